The first kappa shape index (κ1) is 26.4. The van der Waals surface area contributed by atoms with Crippen LogP contribution in [0.2, 0.25) is 0 Å². The summed E-state index contributed by atoms with van der Waals surface area (Å²) in [6.45, 7) is 0. The highest BCUT2D eigenvalue weighted by Crippen LogP contribution is 2.23. The quantitative estimate of drug-likeness (QED) is 0.162. The molecule has 0 aliphatic heterocycles. The van der Waals surface area contributed by atoms with E-state index < -0.39 is 11.8 Å². The summed E-state index contributed by atoms with van der Waals surface area (Å²) in [4.78, 5) is 43.3. The monoisotopic (exact) mass is 523 g/mol. The summed E-state index contributed by atoms with van der Waals surface area (Å²) in [7, 11) is 1.56. The standard InChI is InChI=1S/C30H25N3O4S/c1-37-25-11-5-10-23(18-25)28(34)20-38-26-14-12-24(13-15-26)32-30(36)27(17-21-7-6-16-31-19-21)33-29(35)22-8-3-2-4-9-22/h2-19H,20H2,1H3,(H,32,36)(H,33,35)/b27-17-. The number of aromatic nitrogens is 1. The van der Waals surface area contributed by atoms with Gasteiger partial charge in [-0.15, -0.1) is 11.8 Å². The maximum atomic E-state index is 13.1. The molecule has 0 atom stereocenters. The number of ether oxygens (including phenoxy) is 1. The van der Waals surface area contributed by atoms with Gasteiger partial charge in [0.25, 0.3) is 11.8 Å². The van der Waals surface area contributed by atoms with Crippen LogP contribution >= 0.6 is 11.8 Å². The van der Waals surface area contributed by atoms with Crippen LogP contribution in [-0.2, 0) is 4.79 Å². The molecular formula is C30H25N3O4S. The maximum absolute atomic E-state index is 13.1. The van der Waals surface area contributed by atoms with E-state index in [1.807, 2.05) is 18.2 Å². The summed E-state index contributed by atoms with van der Waals surface area (Å²) in [5, 5.41) is 5.52. The largest absolute Gasteiger partial charge is 0.497 e. The van der Waals surface area contributed by atoms with Gasteiger partial charge in [-0.1, -0.05) is 36.4 Å². The number of Topliss-reactive ketones (excluding diaryl/α,β-unsaturated/α-hetero) is 1. The fraction of sp³-hybridized carbons (Fsp3) is 0.0667. The van der Waals surface area contributed by atoms with E-state index in [9.17, 15) is 14.4 Å². The predicted molar refractivity (Wildman–Crippen MR) is 149 cm³/mol. The molecule has 0 aliphatic carbocycles. The maximum Gasteiger partial charge on any atom is 0.272 e. The van der Waals surface area contributed by atoms with Gasteiger partial charge in [-0.25, -0.2) is 0 Å². The van der Waals surface area contributed by atoms with E-state index >= 15 is 0 Å². The number of nitrogens with one attached hydrogen (secondary N) is 2. The van der Waals surface area contributed by atoms with Crippen LogP contribution in [-0.4, -0.2) is 35.4 Å². The number of hydrogen-bond acceptors (Lipinski definition) is 6. The van der Waals surface area contributed by atoms with Gasteiger partial charge < -0.3 is 15.4 Å². The van der Waals surface area contributed by atoms with Crippen LogP contribution in [0.4, 0.5) is 5.69 Å². The molecule has 4 aromatic rings. The first-order chi connectivity index (χ1) is 18.5. The second-order valence-corrected chi connectivity index (χ2v) is 9.14. The minimum atomic E-state index is -0.480. The third-order valence-electron chi connectivity index (χ3n) is 5.40. The van der Waals surface area contributed by atoms with Crippen molar-refractivity contribution in [1.82, 2.24) is 10.3 Å². The molecule has 8 heteroatoms. The first-order valence-electron chi connectivity index (χ1n) is 11.7. The molecule has 0 unspecified atom stereocenters. The number of hydrogen-bond donors (Lipinski definition) is 2. The Kier molecular flexibility index (Phi) is 9.04. The second-order valence-electron chi connectivity index (χ2n) is 8.09. The van der Waals surface area contributed by atoms with Gasteiger partial charge in [0, 0.05) is 34.1 Å². The summed E-state index contributed by atoms with van der Waals surface area (Å²) >= 11 is 1.40. The molecule has 1 aromatic heterocycles. The SMILES string of the molecule is COc1cccc(C(=O)CSc2ccc(NC(=O)/C(=C/c3cccnc3)NC(=O)c3ccccc3)cc2)c1. The van der Waals surface area contributed by atoms with Crippen molar-refractivity contribution in [3.05, 3.63) is 126 Å². The van der Waals surface area contributed by atoms with Crippen molar-refractivity contribution in [2.45, 2.75) is 4.90 Å². The van der Waals surface area contributed by atoms with E-state index in [2.05, 4.69) is 15.6 Å². The molecule has 38 heavy (non-hydrogen) atoms. The average Bonchev–Trinajstić information content (AvgIpc) is 2.97. The molecular weight excluding hydrogens is 498 g/mol. The highest BCUT2D eigenvalue weighted by Gasteiger charge is 2.15. The lowest BCUT2D eigenvalue weighted by Crippen LogP contribution is -2.30. The summed E-state index contributed by atoms with van der Waals surface area (Å²) in [6.07, 6.45) is 4.79. The molecule has 0 fully saturated rings. The number of benzene rings is 3. The van der Waals surface area contributed by atoms with Crippen molar-refractivity contribution in [3.8, 4) is 5.75 Å². The lowest BCUT2D eigenvalue weighted by molar-refractivity contribution is -0.113. The number of pyridine rings is 1. The molecule has 0 aliphatic rings. The van der Waals surface area contributed by atoms with Gasteiger partial charge in [0.2, 0.25) is 0 Å². The smallest absolute Gasteiger partial charge is 0.272 e. The van der Waals surface area contributed by atoms with Crippen LogP contribution in [0.3, 0.4) is 0 Å². The fourth-order valence-electron chi connectivity index (χ4n) is 3.43. The lowest BCUT2D eigenvalue weighted by Gasteiger charge is -2.12. The van der Waals surface area contributed by atoms with E-state index in [4.69, 9.17) is 4.74 Å². The molecule has 0 bridgehead atoms. The minimum Gasteiger partial charge on any atom is -0.497 e. The van der Waals surface area contributed by atoms with Crippen LogP contribution < -0.4 is 15.4 Å². The number of ketones is 1. The van der Waals surface area contributed by atoms with E-state index in [-0.39, 0.29) is 17.2 Å². The van der Waals surface area contributed by atoms with Crippen molar-refractivity contribution in [3.63, 3.8) is 0 Å². The second kappa shape index (κ2) is 13.0. The number of methoxy groups -OCH3 is 1. The van der Waals surface area contributed by atoms with Crippen molar-refractivity contribution < 1.29 is 19.1 Å². The van der Waals surface area contributed by atoms with Crippen LogP contribution in [0.1, 0.15) is 26.3 Å². The molecule has 0 saturated carbocycles. The minimum absolute atomic E-state index is 0.00869. The molecule has 7 nitrogen and oxygen atoms in total. The van der Waals surface area contributed by atoms with Gasteiger partial charge in [0.1, 0.15) is 11.4 Å². The number of amides is 2. The molecule has 0 radical (unpaired) electrons. The van der Waals surface area contributed by atoms with Gasteiger partial charge in [-0.3, -0.25) is 19.4 Å². The van der Waals surface area contributed by atoms with Gasteiger partial charge in [-0.2, -0.15) is 0 Å². The molecule has 4 rings (SSSR count). The number of anilines is 1. The number of rotatable bonds is 10. The summed E-state index contributed by atoms with van der Waals surface area (Å²) in [5.74, 6) is 0.0149. The topological polar surface area (TPSA) is 97.4 Å². The van der Waals surface area contributed by atoms with Gasteiger partial charge >= 0.3 is 0 Å². The molecule has 1 heterocycles. The Morgan fingerprint density at radius 2 is 1.66 bits per heavy atom. The van der Waals surface area contributed by atoms with Gasteiger partial charge in [0.15, 0.2) is 5.78 Å². The summed E-state index contributed by atoms with van der Waals surface area (Å²) in [5.41, 5.74) is 2.31. The fourth-order valence-corrected chi connectivity index (χ4v) is 4.23. The number of carbonyl (C=O) groups excluding carboxylic acids is 3. The molecule has 3 aromatic carbocycles. The molecule has 190 valence electrons. The Bertz CT molecular complexity index is 1440. The van der Waals surface area contributed by atoms with E-state index in [0.717, 1.165) is 4.90 Å². The summed E-state index contributed by atoms with van der Waals surface area (Å²) < 4.78 is 5.18. The van der Waals surface area contributed by atoms with Gasteiger partial charge in [-0.05, 0) is 66.2 Å². The highest BCUT2D eigenvalue weighted by molar-refractivity contribution is 8.00. The predicted octanol–water partition coefficient (Wildman–Crippen LogP) is 5.47. The Morgan fingerprint density at radius 3 is 2.37 bits per heavy atom. The van der Waals surface area contributed by atoms with Crippen molar-refractivity contribution in [1.29, 1.82) is 0 Å². The zero-order valence-electron chi connectivity index (χ0n) is 20.6. The lowest BCUT2D eigenvalue weighted by atomic mass is 10.1. The zero-order valence-corrected chi connectivity index (χ0v) is 21.4. The van der Waals surface area contributed by atoms with Crippen molar-refractivity contribution in [2.75, 3.05) is 18.2 Å². The summed E-state index contributed by atoms with van der Waals surface area (Å²) in [6, 6.07) is 26.4. The van der Waals surface area contributed by atoms with Crippen LogP contribution in [0, 0.1) is 0 Å². The van der Waals surface area contributed by atoms with E-state index in [0.29, 0.717) is 28.1 Å². The third kappa shape index (κ3) is 7.41. The molecule has 2 N–H and O–H groups in total. The first-order valence-corrected chi connectivity index (χ1v) is 12.7. The van der Waals surface area contributed by atoms with E-state index in [1.165, 1.54) is 11.8 Å². The van der Waals surface area contributed by atoms with E-state index in [1.54, 1.807) is 98.4 Å². The normalized spacial score (nSPS) is 10.9. The average molecular weight is 524 g/mol. The number of nitrogens with zero attached hydrogens (tertiary/aromatic N) is 1. The van der Waals surface area contributed by atoms with Crippen LogP contribution in [0.15, 0.2) is 114 Å². The number of thioether (sulfide) groups is 1. The Morgan fingerprint density at radius 1 is 0.895 bits per heavy atom. The number of carbonyl (C=O) groups is 3. The third-order valence-corrected chi connectivity index (χ3v) is 6.41. The van der Waals surface area contributed by atoms with Crippen molar-refractivity contribution in [2.24, 2.45) is 0 Å². The van der Waals surface area contributed by atoms with Gasteiger partial charge in [0.05, 0.1) is 12.9 Å². The Hall–Kier alpha value is -4.69. The zero-order chi connectivity index (χ0) is 26.7. The molecule has 0 spiro atoms. The molecule has 0 saturated heterocycles. The van der Waals surface area contributed by atoms with Crippen LogP contribution in [0.5, 0.6) is 5.75 Å². The molecule has 2 amide bonds. The highest BCUT2D eigenvalue weighted by atomic mass is 32.2. The Balaban J connectivity index is 1.41. The van der Waals surface area contributed by atoms with Crippen LogP contribution in [0.25, 0.3) is 6.08 Å². The Labute approximate surface area is 225 Å². The van der Waals surface area contributed by atoms with Crippen molar-refractivity contribution >= 4 is 41.1 Å².